The van der Waals surface area contributed by atoms with Crippen LogP contribution in [0.3, 0.4) is 0 Å². The molecule has 392 valence electrons. The van der Waals surface area contributed by atoms with E-state index in [0.29, 0.717) is 6.42 Å². The number of carbonyl (C=O) groups excluding carboxylic acids is 2. The van der Waals surface area contributed by atoms with Crippen LogP contribution in [-0.4, -0.2) is 54.3 Å². The molecule has 3 N–H and O–H groups in total. The number of hydrogen-bond donors (Lipinski definition) is 3. The van der Waals surface area contributed by atoms with E-state index >= 15 is 0 Å². The first-order valence-corrected chi connectivity index (χ1v) is 30.2. The number of hydrogen-bond acceptors (Lipinski definition) is 7. The largest absolute Gasteiger partial charge is 0.472 e. The summed E-state index contributed by atoms with van der Waals surface area (Å²) in [6.45, 7) is 3.62. The van der Waals surface area contributed by atoms with Gasteiger partial charge in [0.2, 0.25) is 5.91 Å². The van der Waals surface area contributed by atoms with Crippen molar-refractivity contribution in [2.45, 2.75) is 309 Å². The van der Waals surface area contributed by atoms with E-state index in [4.69, 9.17) is 13.8 Å². The van der Waals surface area contributed by atoms with E-state index in [0.717, 1.165) is 38.5 Å². The normalized spacial score (nSPS) is 13.1. The molecule has 0 aromatic rings. The minimum absolute atomic E-state index is 0.0875. The molecule has 9 nitrogen and oxygen atoms in total. The molecule has 0 aromatic heterocycles. The Morgan fingerprint density at radius 3 is 1.14 bits per heavy atom. The van der Waals surface area contributed by atoms with Crippen LogP contribution >= 0.6 is 7.82 Å². The summed E-state index contributed by atoms with van der Waals surface area (Å²) in [5.41, 5.74) is 0. The minimum atomic E-state index is -4.42. The number of unbranched alkanes of at least 4 members (excludes halogenated alkanes) is 40. The smallest absolute Gasteiger partial charge is 0.463 e. The topological polar surface area (TPSA) is 131 Å². The molecule has 0 spiro atoms. The van der Waals surface area contributed by atoms with Gasteiger partial charge in [0.1, 0.15) is 12.7 Å². The van der Waals surface area contributed by atoms with Gasteiger partial charge in [0.05, 0.1) is 13.2 Å². The second kappa shape index (κ2) is 53.1. The average Bonchev–Trinajstić information content (AvgIpc) is 3.31. The van der Waals surface area contributed by atoms with Crippen molar-refractivity contribution in [2.24, 2.45) is 0 Å². The van der Waals surface area contributed by atoms with Gasteiger partial charge in [-0.05, 0) is 38.5 Å². The van der Waals surface area contributed by atoms with Crippen molar-refractivity contribution in [3.63, 3.8) is 0 Å². The number of ether oxygens (including phenoxy) is 1. The molecule has 0 aromatic carbocycles. The third-order valence-electron chi connectivity index (χ3n) is 12.9. The summed E-state index contributed by atoms with van der Waals surface area (Å²) in [5, 5.41) is 12.8. The maximum absolute atomic E-state index is 12.2. The van der Waals surface area contributed by atoms with Gasteiger partial charge in [0.25, 0.3) is 0 Å². The number of phosphoric acid groups is 1. The zero-order valence-corrected chi connectivity index (χ0v) is 44.6. The van der Waals surface area contributed by atoms with E-state index in [9.17, 15) is 24.2 Å². The predicted molar refractivity (Wildman–Crippen MR) is 280 cm³/mol. The fourth-order valence-corrected chi connectivity index (χ4v) is 9.37. The molecule has 2 unspecified atom stereocenters. The monoisotopic (exact) mass is 956 g/mol. The molecule has 1 amide bonds. The number of phosphoric ester groups is 1. The highest BCUT2D eigenvalue weighted by Gasteiger charge is 2.23. The van der Waals surface area contributed by atoms with Crippen LogP contribution in [0.25, 0.3) is 0 Å². The lowest BCUT2D eigenvalue weighted by molar-refractivity contribution is -0.147. The number of aliphatic hydroxyl groups excluding tert-OH is 1. The highest BCUT2D eigenvalue weighted by molar-refractivity contribution is 7.47. The number of rotatable bonds is 55. The molecular formula is C56H110NO8P. The van der Waals surface area contributed by atoms with Crippen LogP contribution in [0.5, 0.6) is 0 Å². The summed E-state index contributed by atoms with van der Waals surface area (Å²) in [7, 11) is -4.42. The summed E-state index contributed by atoms with van der Waals surface area (Å²) >= 11 is 0. The Hall–Kier alpha value is -1.25. The lowest BCUT2D eigenvalue weighted by Gasteiger charge is -2.15. The molecule has 0 aliphatic carbocycles. The molecule has 0 aliphatic heterocycles. The molecule has 0 saturated carbocycles. The quantitative estimate of drug-likeness (QED) is 0.0238. The number of aliphatic hydroxyl groups is 1. The number of allylic oxidation sites excluding steroid dienone is 2. The van der Waals surface area contributed by atoms with E-state index in [2.05, 4.69) is 31.3 Å². The first kappa shape index (κ1) is 64.8. The van der Waals surface area contributed by atoms with Crippen molar-refractivity contribution < 1.29 is 37.9 Å². The lowest BCUT2D eigenvalue weighted by Crippen LogP contribution is -2.27. The Balaban J connectivity index is 3.48. The highest BCUT2D eigenvalue weighted by Crippen LogP contribution is 2.43. The van der Waals surface area contributed by atoms with E-state index < -0.39 is 26.5 Å². The third kappa shape index (κ3) is 53.7. The van der Waals surface area contributed by atoms with Crippen molar-refractivity contribution in [3.05, 3.63) is 12.2 Å². The van der Waals surface area contributed by atoms with Crippen molar-refractivity contribution in [1.82, 2.24) is 5.32 Å². The molecule has 0 bridgehead atoms. The van der Waals surface area contributed by atoms with Gasteiger partial charge in [-0.25, -0.2) is 4.57 Å². The van der Waals surface area contributed by atoms with Crippen LogP contribution in [0, 0.1) is 0 Å². The summed E-state index contributed by atoms with van der Waals surface area (Å²) in [5.74, 6) is -0.500. The zero-order valence-electron chi connectivity index (χ0n) is 43.7. The standard InChI is InChI=1S/C56H110NO8P/c1-3-5-7-9-11-13-15-17-19-21-23-25-26-27-29-30-32-34-36-38-40-42-44-46-48-55(59)57-50-51-64-66(61,62)65-53-54(58)52-63-56(60)49-47-45-43-41-39-37-35-33-31-28-24-22-20-18-16-14-12-10-8-6-4-2/h18,20,54,58H,3-17,19,21-53H2,1-2H3,(H,57,59)(H,61,62)/b20-18+. The van der Waals surface area contributed by atoms with Crippen LogP contribution < -0.4 is 5.32 Å². The Morgan fingerprint density at radius 2 is 0.773 bits per heavy atom. The van der Waals surface area contributed by atoms with Gasteiger partial charge in [-0.1, -0.05) is 264 Å². The Bertz CT molecular complexity index is 1090. The number of amides is 1. The first-order valence-electron chi connectivity index (χ1n) is 28.7. The van der Waals surface area contributed by atoms with Crippen LogP contribution in [0.4, 0.5) is 0 Å². The second-order valence-electron chi connectivity index (χ2n) is 19.6. The SMILES string of the molecule is CCCCCCCC/C=C/CCCCCCCCCCCCCC(=O)OCC(O)COP(=O)(O)OCCNC(=O)CCCCCCCCCCCCCCCCCCCCCCCCCC. The fraction of sp³-hybridized carbons (Fsp3) is 0.929. The van der Waals surface area contributed by atoms with Crippen LogP contribution in [0.15, 0.2) is 12.2 Å². The van der Waals surface area contributed by atoms with Gasteiger partial charge in [0.15, 0.2) is 0 Å². The Morgan fingerprint density at radius 1 is 0.455 bits per heavy atom. The van der Waals surface area contributed by atoms with E-state index in [1.54, 1.807) is 0 Å². The number of nitrogens with one attached hydrogen (secondary N) is 1. The van der Waals surface area contributed by atoms with Crippen molar-refractivity contribution in [3.8, 4) is 0 Å². The van der Waals surface area contributed by atoms with Crippen LogP contribution in [0.1, 0.15) is 303 Å². The summed E-state index contributed by atoms with van der Waals surface area (Å²) in [6, 6.07) is 0. The van der Waals surface area contributed by atoms with Gasteiger partial charge >= 0.3 is 13.8 Å². The average molecular weight is 956 g/mol. The minimum Gasteiger partial charge on any atom is -0.463 e. The van der Waals surface area contributed by atoms with Gasteiger partial charge < -0.3 is 20.1 Å². The summed E-state index contributed by atoms with van der Waals surface area (Å²) < 4.78 is 27.1. The van der Waals surface area contributed by atoms with Gasteiger partial charge in [-0.3, -0.25) is 18.6 Å². The molecule has 0 rings (SSSR count). The van der Waals surface area contributed by atoms with Gasteiger partial charge in [0, 0.05) is 19.4 Å². The fourth-order valence-electron chi connectivity index (χ4n) is 8.62. The molecule has 10 heteroatoms. The molecule has 0 aliphatic rings. The van der Waals surface area contributed by atoms with Gasteiger partial charge in [-0.15, -0.1) is 0 Å². The zero-order chi connectivity index (χ0) is 48.1. The molecule has 0 heterocycles. The highest BCUT2D eigenvalue weighted by atomic mass is 31.2. The van der Waals surface area contributed by atoms with Crippen LogP contribution in [-0.2, 0) is 27.9 Å². The van der Waals surface area contributed by atoms with E-state index in [1.165, 1.54) is 238 Å². The third-order valence-corrected chi connectivity index (χ3v) is 13.9. The summed E-state index contributed by atoms with van der Waals surface area (Å²) in [6.07, 6.45) is 60.3. The molecular weight excluding hydrogens is 846 g/mol. The number of carbonyl (C=O) groups is 2. The second-order valence-corrected chi connectivity index (χ2v) is 21.1. The molecule has 66 heavy (non-hydrogen) atoms. The lowest BCUT2D eigenvalue weighted by atomic mass is 10.0. The molecule has 2 atom stereocenters. The Labute approximate surface area is 408 Å². The Kier molecular flexibility index (Phi) is 52.1. The maximum Gasteiger partial charge on any atom is 0.472 e. The maximum atomic E-state index is 12.2. The van der Waals surface area contributed by atoms with Crippen molar-refractivity contribution in [1.29, 1.82) is 0 Å². The summed E-state index contributed by atoms with van der Waals surface area (Å²) in [4.78, 5) is 34.2. The van der Waals surface area contributed by atoms with Crippen LogP contribution in [0.2, 0.25) is 0 Å². The first-order chi connectivity index (χ1) is 32.3. The molecule has 0 radical (unpaired) electrons. The van der Waals surface area contributed by atoms with E-state index in [-0.39, 0.29) is 32.1 Å². The van der Waals surface area contributed by atoms with Gasteiger partial charge in [-0.2, -0.15) is 0 Å². The molecule has 0 saturated heterocycles. The predicted octanol–water partition coefficient (Wildman–Crippen LogP) is 17.3. The molecule has 0 fully saturated rings. The number of esters is 1. The van der Waals surface area contributed by atoms with Crippen molar-refractivity contribution >= 4 is 19.7 Å². The van der Waals surface area contributed by atoms with Crippen molar-refractivity contribution in [2.75, 3.05) is 26.4 Å². The van der Waals surface area contributed by atoms with E-state index in [1.807, 2.05) is 0 Å².